The van der Waals surface area contributed by atoms with E-state index in [4.69, 9.17) is 10.5 Å². The van der Waals surface area contributed by atoms with Crippen LogP contribution >= 0.6 is 0 Å². The van der Waals surface area contributed by atoms with Gasteiger partial charge in [0.2, 0.25) is 5.96 Å². The SMILES string of the molecule is NC(=NC(=Nc1ccccc1)N1CCOCC1)c1ccccn1. The number of para-hydroxylation sites is 1. The summed E-state index contributed by atoms with van der Waals surface area (Å²) in [6.45, 7) is 2.80. The second-order valence-corrected chi connectivity index (χ2v) is 5.06. The van der Waals surface area contributed by atoms with Gasteiger partial charge in [0, 0.05) is 19.3 Å². The lowest BCUT2D eigenvalue weighted by Gasteiger charge is -2.27. The maximum Gasteiger partial charge on any atom is 0.228 e. The molecule has 1 fully saturated rings. The molecule has 1 aromatic carbocycles. The number of amidine groups is 1. The minimum atomic E-state index is 0.353. The minimum Gasteiger partial charge on any atom is -0.382 e. The first-order valence-corrected chi connectivity index (χ1v) is 7.55. The van der Waals surface area contributed by atoms with Crippen LogP contribution in [0.25, 0.3) is 0 Å². The quantitative estimate of drug-likeness (QED) is 0.678. The van der Waals surface area contributed by atoms with Gasteiger partial charge in [-0.15, -0.1) is 0 Å². The lowest BCUT2D eigenvalue weighted by Crippen LogP contribution is -2.40. The number of hydrogen-bond acceptors (Lipinski definition) is 3. The van der Waals surface area contributed by atoms with E-state index in [1.807, 2.05) is 48.5 Å². The first-order chi connectivity index (χ1) is 11.3. The van der Waals surface area contributed by atoms with Crippen LogP contribution in [0.5, 0.6) is 0 Å². The predicted octanol–water partition coefficient (Wildman–Crippen LogP) is 1.81. The van der Waals surface area contributed by atoms with Gasteiger partial charge in [-0.1, -0.05) is 24.3 Å². The Labute approximate surface area is 135 Å². The molecular weight excluding hydrogens is 290 g/mol. The van der Waals surface area contributed by atoms with E-state index in [1.165, 1.54) is 0 Å². The monoisotopic (exact) mass is 309 g/mol. The molecule has 1 aliphatic heterocycles. The largest absolute Gasteiger partial charge is 0.382 e. The van der Waals surface area contributed by atoms with Gasteiger partial charge in [-0.05, 0) is 24.3 Å². The van der Waals surface area contributed by atoms with Crippen molar-refractivity contribution in [2.45, 2.75) is 0 Å². The average molecular weight is 309 g/mol. The van der Waals surface area contributed by atoms with Crippen molar-refractivity contribution in [3.63, 3.8) is 0 Å². The highest BCUT2D eigenvalue weighted by Crippen LogP contribution is 2.13. The van der Waals surface area contributed by atoms with Crippen molar-refractivity contribution in [2.24, 2.45) is 15.7 Å². The van der Waals surface area contributed by atoms with Crippen molar-refractivity contribution < 1.29 is 4.74 Å². The summed E-state index contributed by atoms with van der Waals surface area (Å²) >= 11 is 0. The molecule has 118 valence electrons. The molecule has 1 aromatic heterocycles. The van der Waals surface area contributed by atoms with Crippen molar-refractivity contribution >= 4 is 17.5 Å². The van der Waals surface area contributed by atoms with Crippen molar-refractivity contribution in [2.75, 3.05) is 26.3 Å². The lowest BCUT2D eigenvalue weighted by atomic mass is 10.3. The fraction of sp³-hybridized carbons (Fsp3) is 0.235. The standard InChI is InChI=1S/C17H19N5O/c18-16(15-8-4-5-9-19-15)21-17(22-10-12-23-13-11-22)20-14-6-2-1-3-7-14/h1-9H,10-13H2,(H2,18,20,21). The fourth-order valence-corrected chi connectivity index (χ4v) is 2.23. The zero-order valence-corrected chi connectivity index (χ0v) is 12.8. The number of aliphatic imine (C=N–C) groups is 2. The molecule has 0 radical (unpaired) electrons. The molecule has 2 N–H and O–H groups in total. The van der Waals surface area contributed by atoms with E-state index in [0.717, 1.165) is 18.8 Å². The molecule has 1 saturated heterocycles. The highest BCUT2D eigenvalue weighted by molar-refractivity contribution is 6.04. The van der Waals surface area contributed by atoms with Crippen molar-refractivity contribution in [3.05, 3.63) is 60.4 Å². The molecule has 2 aromatic rings. The number of aromatic nitrogens is 1. The van der Waals surface area contributed by atoms with Gasteiger partial charge in [0.15, 0.2) is 5.84 Å². The molecule has 6 nitrogen and oxygen atoms in total. The van der Waals surface area contributed by atoms with Crippen molar-refractivity contribution in [1.82, 2.24) is 9.88 Å². The molecule has 0 saturated carbocycles. The molecular formula is C17H19N5O. The Bertz CT molecular complexity index is 679. The van der Waals surface area contributed by atoms with E-state index >= 15 is 0 Å². The van der Waals surface area contributed by atoms with Crippen molar-refractivity contribution in [1.29, 1.82) is 0 Å². The normalized spacial score (nSPS) is 16.4. The smallest absolute Gasteiger partial charge is 0.228 e. The third-order valence-electron chi connectivity index (χ3n) is 3.43. The van der Waals surface area contributed by atoms with Gasteiger partial charge in [-0.3, -0.25) is 4.98 Å². The topological polar surface area (TPSA) is 76.1 Å². The first kappa shape index (κ1) is 15.2. The summed E-state index contributed by atoms with van der Waals surface area (Å²) in [4.78, 5) is 15.5. The fourth-order valence-electron chi connectivity index (χ4n) is 2.23. The number of morpholine rings is 1. The zero-order valence-electron chi connectivity index (χ0n) is 12.8. The Balaban J connectivity index is 1.93. The number of benzene rings is 1. The maximum atomic E-state index is 6.10. The van der Waals surface area contributed by atoms with Crippen LogP contribution in [-0.4, -0.2) is 48.0 Å². The Kier molecular flexibility index (Phi) is 4.95. The predicted molar refractivity (Wildman–Crippen MR) is 90.9 cm³/mol. The van der Waals surface area contributed by atoms with E-state index in [-0.39, 0.29) is 0 Å². The molecule has 0 unspecified atom stereocenters. The lowest BCUT2D eigenvalue weighted by molar-refractivity contribution is 0.0676. The molecule has 0 amide bonds. The van der Waals surface area contributed by atoms with Crippen LogP contribution in [0, 0.1) is 0 Å². The van der Waals surface area contributed by atoms with Gasteiger partial charge in [0.05, 0.1) is 18.9 Å². The van der Waals surface area contributed by atoms with Crippen LogP contribution in [0.4, 0.5) is 5.69 Å². The van der Waals surface area contributed by atoms with Gasteiger partial charge in [-0.2, -0.15) is 4.99 Å². The van der Waals surface area contributed by atoms with Crippen LogP contribution in [0.3, 0.4) is 0 Å². The Hall–Kier alpha value is -2.73. The highest BCUT2D eigenvalue weighted by Gasteiger charge is 2.16. The molecule has 6 heteroatoms. The van der Waals surface area contributed by atoms with E-state index < -0.39 is 0 Å². The molecule has 23 heavy (non-hydrogen) atoms. The van der Waals surface area contributed by atoms with Gasteiger partial charge in [-0.25, -0.2) is 4.99 Å². The number of hydrogen-bond donors (Lipinski definition) is 1. The summed E-state index contributed by atoms with van der Waals surface area (Å²) in [5.74, 6) is 0.939. The Morgan fingerprint density at radius 2 is 1.78 bits per heavy atom. The number of ether oxygens (including phenoxy) is 1. The first-order valence-electron chi connectivity index (χ1n) is 7.55. The highest BCUT2D eigenvalue weighted by atomic mass is 16.5. The van der Waals surface area contributed by atoms with Crippen LogP contribution in [0.2, 0.25) is 0 Å². The second-order valence-electron chi connectivity index (χ2n) is 5.06. The van der Waals surface area contributed by atoms with Crippen LogP contribution in [-0.2, 0) is 4.74 Å². The second kappa shape index (κ2) is 7.51. The van der Waals surface area contributed by atoms with E-state index in [2.05, 4.69) is 19.9 Å². The molecule has 1 aliphatic rings. The maximum absolute atomic E-state index is 6.10. The van der Waals surface area contributed by atoms with E-state index in [0.29, 0.717) is 30.7 Å². The van der Waals surface area contributed by atoms with Crippen molar-refractivity contribution in [3.8, 4) is 0 Å². The number of guanidine groups is 1. The number of nitrogens with zero attached hydrogens (tertiary/aromatic N) is 4. The van der Waals surface area contributed by atoms with Crippen LogP contribution in [0.1, 0.15) is 5.69 Å². The summed E-state index contributed by atoms with van der Waals surface area (Å²) in [7, 11) is 0. The summed E-state index contributed by atoms with van der Waals surface area (Å²) in [6, 6.07) is 15.3. The van der Waals surface area contributed by atoms with Gasteiger partial charge in [0.1, 0.15) is 5.69 Å². The Morgan fingerprint density at radius 1 is 1.04 bits per heavy atom. The molecule has 0 atom stereocenters. The third-order valence-corrected chi connectivity index (χ3v) is 3.43. The minimum absolute atomic E-state index is 0.353. The van der Waals surface area contributed by atoms with Crippen LogP contribution < -0.4 is 5.73 Å². The Morgan fingerprint density at radius 3 is 2.48 bits per heavy atom. The molecule has 0 aliphatic carbocycles. The number of pyridine rings is 1. The number of rotatable bonds is 2. The van der Waals surface area contributed by atoms with Crippen LogP contribution in [0.15, 0.2) is 64.7 Å². The number of nitrogens with two attached hydrogens (primary N) is 1. The summed E-state index contributed by atoms with van der Waals surface area (Å²) < 4.78 is 5.40. The average Bonchev–Trinajstić information content (AvgIpc) is 2.63. The third kappa shape index (κ3) is 4.14. The van der Waals surface area contributed by atoms with Gasteiger partial charge in [0.25, 0.3) is 0 Å². The molecule has 0 bridgehead atoms. The van der Waals surface area contributed by atoms with E-state index in [9.17, 15) is 0 Å². The molecule has 2 heterocycles. The van der Waals surface area contributed by atoms with Gasteiger partial charge >= 0.3 is 0 Å². The summed E-state index contributed by atoms with van der Waals surface area (Å²) in [6.07, 6.45) is 1.69. The van der Waals surface area contributed by atoms with Gasteiger partial charge < -0.3 is 15.4 Å². The summed E-state index contributed by atoms with van der Waals surface area (Å²) in [5, 5.41) is 0. The van der Waals surface area contributed by atoms with E-state index in [1.54, 1.807) is 6.20 Å². The molecule has 0 spiro atoms. The summed E-state index contributed by atoms with van der Waals surface area (Å²) in [5.41, 5.74) is 7.58. The molecule has 3 rings (SSSR count). The zero-order chi connectivity index (χ0) is 15.9.